The number of aliphatic hydroxyl groups excluding tert-OH is 2. The number of ketones is 1. The number of hydrogen-bond donors (Lipinski definition) is 2. The largest absolute Gasteiger partial charge is 0.393 e. The van der Waals surface area contributed by atoms with Gasteiger partial charge in [0.25, 0.3) is 0 Å². The summed E-state index contributed by atoms with van der Waals surface area (Å²) in [6.45, 7) is 13.9. The smallest absolute Gasteiger partial charge is 0.159 e. The van der Waals surface area contributed by atoms with Crippen LogP contribution in [0.5, 0.6) is 0 Å². The van der Waals surface area contributed by atoms with E-state index in [1.54, 1.807) is 0 Å². The van der Waals surface area contributed by atoms with Crippen LogP contribution in [0.3, 0.4) is 0 Å². The Hall–Kier alpha value is -0.670. The number of allylic oxidation sites excluding steroid dienone is 1. The first-order valence-corrected chi connectivity index (χ1v) is 13.1. The predicted molar refractivity (Wildman–Crippen MR) is 125 cm³/mol. The number of carbonyl (C=O) groups is 1. The van der Waals surface area contributed by atoms with Gasteiger partial charge in [-0.2, -0.15) is 0 Å². The van der Waals surface area contributed by atoms with E-state index in [0.717, 1.165) is 38.5 Å². The fourth-order valence-electron chi connectivity index (χ4n) is 8.42. The van der Waals surface area contributed by atoms with Crippen molar-refractivity contribution in [2.75, 3.05) is 0 Å². The van der Waals surface area contributed by atoms with Crippen molar-refractivity contribution in [1.82, 2.24) is 0 Å². The first kappa shape index (κ1) is 23.5. The standard InChI is InChI=1S/C28H46O3/c1-16(2)17(3)13-24(30)18(4)21-7-8-22-26-23(10-12-28(21,22)6)27(5)11-9-20(29)14-19(27)15-25(26)31/h15-18,20-24,26,29-30H,7-14H2,1-6H3/t17-,18+,20+,21?,22?,23?,24-,26?,27+,28-/m1/s1. The second-order valence-electron chi connectivity index (χ2n) is 12.7. The quantitative estimate of drug-likeness (QED) is 0.581. The zero-order valence-electron chi connectivity index (χ0n) is 20.7. The molecule has 0 aliphatic heterocycles. The zero-order valence-corrected chi connectivity index (χ0v) is 20.7. The molecular weight excluding hydrogens is 384 g/mol. The number of fused-ring (bicyclic) bond motifs is 5. The lowest BCUT2D eigenvalue weighted by Crippen LogP contribution is -2.54. The maximum absolute atomic E-state index is 13.4. The molecule has 2 N–H and O–H groups in total. The van der Waals surface area contributed by atoms with Gasteiger partial charge < -0.3 is 10.2 Å². The van der Waals surface area contributed by atoms with E-state index in [9.17, 15) is 15.0 Å². The molecule has 0 aromatic heterocycles. The van der Waals surface area contributed by atoms with Crippen molar-refractivity contribution in [2.45, 2.75) is 105 Å². The van der Waals surface area contributed by atoms with Crippen LogP contribution in [0.1, 0.15) is 92.9 Å². The van der Waals surface area contributed by atoms with Crippen molar-refractivity contribution < 1.29 is 15.0 Å². The van der Waals surface area contributed by atoms with Gasteiger partial charge in [-0.15, -0.1) is 0 Å². The molecule has 4 aliphatic carbocycles. The van der Waals surface area contributed by atoms with Crippen LogP contribution in [-0.4, -0.2) is 28.2 Å². The van der Waals surface area contributed by atoms with E-state index >= 15 is 0 Å². The van der Waals surface area contributed by atoms with Crippen molar-refractivity contribution in [2.24, 2.45) is 52.3 Å². The van der Waals surface area contributed by atoms with Crippen molar-refractivity contribution in [3.63, 3.8) is 0 Å². The monoisotopic (exact) mass is 430 g/mol. The fourth-order valence-corrected chi connectivity index (χ4v) is 8.42. The zero-order chi connectivity index (χ0) is 22.7. The molecule has 0 aromatic carbocycles. The van der Waals surface area contributed by atoms with Gasteiger partial charge in [0.1, 0.15) is 0 Å². The molecule has 0 aromatic rings. The SMILES string of the molecule is CC(C)[C@H](C)C[C@@H](O)[C@@H](C)C1CCC2C3C(=O)C=C4C[C@@H](O)CC[C@]4(C)C3CC[C@@]21C. The molecule has 3 saturated carbocycles. The molecule has 4 rings (SSSR count). The van der Waals surface area contributed by atoms with Crippen LogP contribution in [0.2, 0.25) is 0 Å². The van der Waals surface area contributed by atoms with Gasteiger partial charge in [-0.1, -0.05) is 47.1 Å². The molecule has 4 unspecified atom stereocenters. The Morgan fingerprint density at radius 3 is 2.42 bits per heavy atom. The highest BCUT2D eigenvalue weighted by Crippen LogP contribution is 2.66. The topological polar surface area (TPSA) is 57.5 Å². The molecule has 10 atom stereocenters. The molecule has 0 radical (unpaired) electrons. The predicted octanol–water partition coefficient (Wildman–Crippen LogP) is 5.78. The summed E-state index contributed by atoms with van der Waals surface area (Å²) in [6.07, 6.45) is 9.46. The molecule has 0 saturated heterocycles. The molecule has 3 nitrogen and oxygen atoms in total. The van der Waals surface area contributed by atoms with E-state index in [4.69, 9.17) is 0 Å². The van der Waals surface area contributed by atoms with Crippen LogP contribution in [0.15, 0.2) is 11.6 Å². The number of carbonyl (C=O) groups excluding carboxylic acids is 1. The Bertz CT molecular complexity index is 726. The minimum absolute atomic E-state index is 0.0923. The first-order valence-electron chi connectivity index (χ1n) is 13.1. The summed E-state index contributed by atoms with van der Waals surface area (Å²) in [5, 5.41) is 21.3. The van der Waals surface area contributed by atoms with Crippen LogP contribution in [0.25, 0.3) is 0 Å². The van der Waals surface area contributed by atoms with Crippen molar-refractivity contribution in [3.8, 4) is 0 Å². The number of hydrogen-bond acceptors (Lipinski definition) is 3. The normalized spacial score (nSPS) is 45.4. The van der Waals surface area contributed by atoms with Gasteiger partial charge >= 0.3 is 0 Å². The number of aliphatic hydroxyl groups is 2. The Kier molecular flexibility index (Phi) is 6.27. The molecule has 0 amide bonds. The highest BCUT2D eigenvalue weighted by atomic mass is 16.3. The minimum atomic E-state index is -0.274. The van der Waals surface area contributed by atoms with E-state index in [-0.39, 0.29) is 34.9 Å². The van der Waals surface area contributed by atoms with E-state index in [0.29, 0.717) is 41.8 Å². The van der Waals surface area contributed by atoms with E-state index in [1.165, 1.54) is 12.0 Å². The molecule has 31 heavy (non-hydrogen) atoms. The molecule has 3 fully saturated rings. The summed E-state index contributed by atoms with van der Waals surface area (Å²) in [4.78, 5) is 13.4. The highest BCUT2D eigenvalue weighted by Gasteiger charge is 2.61. The Morgan fingerprint density at radius 1 is 1.03 bits per heavy atom. The minimum Gasteiger partial charge on any atom is -0.393 e. The van der Waals surface area contributed by atoms with E-state index in [1.807, 2.05) is 6.08 Å². The summed E-state index contributed by atoms with van der Waals surface area (Å²) in [5.74, 6) is 3.29. The molecule has 3 heteroatoms. The van der Waals surface area contributed by atoms with Gasteiger partial charge in [-0.05, 0) is 104 Å². The molecule has 0 spiro atoms. The van der Waals surface area contributed by atoms with Crippen LogP contribution >= 0.6 is 0 Å². The van der Waals surface area contributed by atoms with Crippen LogP contribution < -0.4 is 0 Å². The van der Waals surface area contributed by atoms with Gasteiger partial charge in [0.05, 0.1) is 12.2 Å². The van der Waals surface area contributed by atoms with Gasteiger partial charge in [0.15, 0.2) is 5.78 Å². The second-order valence-corrected chi connectivity index (χ2v) is 12.7. The van der Waals surface area contributed by atoms with Crippen molar-refractivity contribution in [1.29, 1.82) is 0 Å². The average Bonchev–Trinajstić information content (AvgIpc) is 3.05. The van der Waals surface area contributed by atoms with E-state index in [2.05, 4.69) is 41.5 Å². The lowest BCUT2D eigenvalue weighted by molar-refractivity contribution is -0.135. The third-order valence-electron chi connectivity index (χ3n) is 11.0. The lowest BCUT2D eigenvalue weighted by Gasteiger charge is -2.57. The summed E-state index contributed by atoms with van der Waals surface area (Å²) < 4.78 is 0. The van der Waals surface area contributed by atoms with Gasteiger partial charge in [-0.25, -0.2) is 0 Å². The summed E-state index contributed by atoms with van der Waals surface area (Å²) in [5.41, 5.74) is 1.48. The summed E-state index contributed by atoms with van der Waals surface area (Å²) in [7, 11) is 0. The Balaban J connectivity index is 1.56. The van der Waals surface area contributed by atoms with Crippen molar-refractivity contribution >= 4 is 5.78 Å². The fraction of sp³-hybridized carbons (Fsp3) is 0.893. The molecular formula is C28H46O3. The second kappa shape index (κ2) is 8.28. The first-order chi connectivity index (χ1) is 14.5. The molecule has 0 bridgehead atoms. The Labute approximate surface area is 190 Å². The van der Waals surface area contributed by atoms with Gasteiger partial charge in [0, 0.05) is 5.92 Å². The van der Waals surface area contributed by atoms with Gasteiger partial charge in [-0.3, -0.25) is 4.79 Å². The Morgan fingerprint density at radius 2 is 1.74 bits per heavy atom. The summed E-state index contributed by atoms with van der Waals surface area (Å²) in [6, 6.07) is 0. The van der Waals surface area contributed by atoms with Crippen molar-refractivity contribution in [3.05, 3.63) is 11.6 Å². The van der Waals surface area contributed by atoms with Crippen LogP contribution in [-0.2, 0) is 4.79 Å². The maximum Gasteiger partial charge on any atom is 0.159 e. The van der Waals surface area contributed by atoms with Crippen LogP contribution in [0, 0.1) is 52.3 Å². The average molecular weight is 431 g/mol. The maximum atomic E-state index is 13.4. The molecule has 0 heterocycles. The van der Waals surface area contributed by atoms with E-state index < -0.39 is 0 Å². The molecule has 4 aliphatic rings. The third kappa shape index (κ3) is 3.76. The lowest BCUT2D eigenvalue weighted by atomic mass is 9.46. The third-order valence-corrected chi connectivity index (χ3v) is 11.0. The number of rotatable bonds is 5. The van der Waals surface area contributed by atoms with Crippen LogP contribution in [0.4, 0.5) is 0 Å². The summed E-state index contributed by atoms with van der Waals surface area (Å²) >= 11 is 0. The highest BCUT2D eigenvalue weighted by molar-refractivity contribution is 5.94. The molecule has 176 valence electrons. The van der Waals surface area contributed by atoms with Gasteiger partial charge in [0.2, 0.25) is 0 Å².